The van der Waals surface area contributed by atoms with Crippen molar-refractivity contribution >= 4 is 50.7 Å². The molecule has 7 nitrogen and oxygen atoms in total. The molecular formula is C32H39Cl2N3O4S. The van der Waals surface area contributed by atoms with Crippen molar-refractivity contribution in [3.8, 4) is 0 Å². The van der Waals surface area contributed by atoms with Gasteiger partial charge in [-0.3, -0.25) is 13.9 Å². The van der Waals surface area contributed by atoms with Crippen LogP contribution in [0.15, 0.2) is 72.8 Å². The van der Waals surface area contributed by atoms with Gasteiger partial charge >= 0.3 is 0 Å². The highest BCUT2D eigenvalue weighted by atomic mass is 35.5. The molecule has 1 atom stereocenters. The fraction of sp³-hybridized carbons (Fsp3) is 0.375. The number of anilines is 1. The number of amides is 2. The van der Waals surface area contributed by atoms with E-state index in [2.05, 4.69) is 5.32 Å². The number of nitrogens with zero attached hydrogens (tertiary/aromatic N) is 2. The highest BCUT2D eigenvalue weighted by Gasteiger charge is 2.30. The molecule has 0 aliphatic rings. The molecule has 0 aliphatic heterocycles. The van der Waals surface area contributed by atoms with Crippen molar-refractivity contribution in [3.05, 3.63) is 99.5 Å². The van der Waals surface area contributed by atoms with Crippen molar-refractivity contribution in [2.75, 3.05) is 23.7 Å². The molecule has 1 unspecified atom stereocenters. The predicted octanol–water partition coefficient (Wildman–Crippen LogP) is 6.27. The van der Waals surface area contributed by atoms with Crippen LogP contribution in [0, 0.1) is 0 Å². The number of hydrogen-bond acceptors (Lipinski definition) is 4. The molecule has 0 bridgehead atoms. The fourth-order valence-electron chi connectivity index (χ4n) is 4.66. The first-order valence-corrected chi connectivity index (χ1v) is 16.8. The van der Waals surface area contributed by atoms with E-state index in [0.29, 0.717) is 28.7 Å². The lowest BCUT2D eigenvalue weighted by Gasteiger charge is -2.32. The van der Waals surface area contributed by atoms with Gasteiger partial charge in [0.1, 0.15) is 6.04 Å². The Kier molecular flexibility index (Phi) is 12.7. The summed E-state index contributed by atoms with van der Waals surface area (Å²) in [6.45, 7) is 4.75. The van der Waals surface area contributed by atoms with Crippen LogP contribution in [0.25, 0.3) is 0 Å². The third kappa shape index (κ3) is 9.75. The third-order valence-corrected chi connectivity index (χ3v) is 8.88. The normalized spacial score (nSPS) is 12.0. The molecule has 0 saturated carbocycles. The van der Waals surface area contributed by atoms with E-state index < -0.39 is 16.1 Å². The summed E-state index contributed by atoms with van der Waals surface area (Å²) in [5, 5.41) is 3.70. The van der Waals surface area contributed by atoms with Gasteiger partial charge in [-0.05, 0) is 60.2 Å². The van der Waals surface area contributed by atoms with Crippen molar-refractivity contribution in [2.45, 2.75) is 58.5 Å². The number of aryl methyl sites for hydroxylation is 1. The number of rotatable bonds is 15. The number of sulfonamides is 1. The van der Waals surface area contributed by atoms with Crippen molar-refractivity contribution < 1.29 is 18.0 Å². The molecule has 0 heterocycles. The van der Waals surface area contributed by atoms with E-state index in [1.54, 1.807) is 35.2 Å². The van der Waals surface area contributed by atoms with Gasteiger partial charge in [-0.1, -0.05) is 85.6 Å². The van der Waals surface area contributed by atoms with Gasteiger partial charge in [0.15, 0.2) is 0 Å². The summed E-state index contributed by atoms with van der Waals surface area (Å²) < 4.78 is 26.6. The molecule has 226 valence electrons. The lowest BCUT2D eigenvalue weighted by atomic mass is 10.0. The molecule has 0 saturated heterocycles. The summed E-state index contributed by atoms with van der Waals surface area (Å²) in [6.07, 6.45) is 3.40. The van der Waals surface area contributed by atoms with Gasteiger partial charge in [0.2, 0.25) is 21.8 Å². The number of nitrogens with one attached hydrogen (secondary N) is 1. The molecule has 42 heavy (non-hydrogen) atoms. The molecular weight excluding hydrogens is 593 g/mol. The first-order valence-electron chi connectivity index (χ1n) is 14.1. The molecule has 0 spiro atoms. The zero-order chi connectivity index (χ0) is 30.7. The van der Waals surface area contributed by atoms with Gasteiger partial charge in [-0.2, -0.15) is 0 Å². The number of halogens is 2. The monoisotopic (exact) mass is 631 g/mol. The number of carbonyl (C=O) groups excluding carboxylic acids is 2. The van der Waals surface area contributed by atoms with E-state index in [9.17, 15) is 18.0 Å². The number of benzene rings is 3. The predicted molar refractivity (Wildman–Crippen MR) is 171 cm³/mol. The van der Waals surface area contributed by atoms with E-state index in [-0.39, 0.29) is 37.7 Å². The molecule has 3 aromatic rings. The van der Waals surface area contributed by atoms with E-state index in [4.69, 9.17) is 23.2 Å². The van der Waals surface area contributed by atoms with Crippen LogP contribution in [0.3, 0.4) is 0 Å². The van der Waals surface area contributed by atoms with Crippen LogP contribution in [0.4, 0.5) is 5.69 Å². The summed E-state index contributed by atoms with van der Waals surface area (Å²) in [7, 11) is -3.58. The smallest absolute Gasteiger partial charge is 0.243 e. The van der Waals surface area contributed by atoms with E-state index >= 15 is 0 Å². The topological polar surface area (TPSA) is 86.8 Å². The van der Waals surface area contributed by atoms with E-state index in [1.165, 1.54) is 4.31 Å². The van der Waals surface area contributed by atoms with Crippen LogP contribution in [-0.4, -0.2) is 50.5 Å². The Morgan fingerprint density at radius 3 is 2.14 bits per heavy atom. The molecule has 0 radical (unpaired) electrons. The SMILES string of the molecule is CCCNC(=O)C(Cc1ccccc1)N(Cc1ccc(Cl)c(Cl)c1)C(=O)CCCN(c1ccc(CC)cc1)S(C)(=O)=O. The van der Waals surface area contributed by atoms with Crippen molar-refractivity contribution in [1.29, 1.82) is 0 Å². The van der Waals surface area contributed by atoms with Crippen molar-refractivity contribution in [2.24, 2.45) is 0 Å². The third-order valence-electron chi connectivity index (χ3n) is 6.94. The Morgan fingerprint density at radius 1 is 0.881 bits per heavy atom. The minimum Gasteiger partial charge on any atom is -0.354 e. The van der Waals surface area contributed by atoms with Crippen LogP contribution in [0.2, 0.25) is 10.0 Å². The maximum Gasteiger partial charge on any atom is 0.243 e. The van der Waals surface area contributed by atoms with Crippen LogP contribution in [0.5, 0.6) is 0 Å². The first kappa shape index (κ1) is 33.4. The molecule has 3 rings (SSSR count). The van der Waals surface area contributed by atoms with Crippen LogP contribution < -0.4 is 9.62 Å². The summed E-state index contributed by atoms with van der Waals surface area (Å²) in [5.41, 5.74) is 3.30. The number of hydrogen-bond donors (Lipinski definition) is 1. The van der Waals surface area contributed by atoms with Gasteiger partial charge in [0, 0.05) is 32.5 Å². The van der Waals surface area contributed by atoms with Gasteiger partial charge < -0.3 is 10.2 Å². The van der Waals surface area contributed by atoms with E-state index in [1.807, 2.05) is 56.3 Å². The average molecular weight is 633 g/mol. The zero-order valence-electron chi connectivity index (χ0n) is 24.4. The van der Waals surface area contributed by atoms with Crippen molar-refractivity contribution in [3.63, 3.8) is 0 Å². The minimum absolute atomic E-state index is 0.0483. The molecule has 1 N–H and O–H groups in total. The highest BCUT2D eigenvalue weighted by molar-refractivity contribution is 7.92. The quantitative estimate of drug-likeness (QED) is 0.214. The average Bonchev–Trinajstić information content (AvgIpc) is 2.97. The minimum atomic E-state index is -3.58. The Bertz CT molecular complexity index is 1430. The summed E-state index contributed by atoms with van der Waals surface area (Å²) in [4.78, 5) is 28.9. The number of carbonyl (C=O) groups is 2. The maximum atomic E-state index is 13.9. The molecule has 0 aliphatic carbocycles. The van der Waals surface area contributed by atoms with E-state index in [0.717, 1.165) is 35.8 Å². The molecule has 3 aromatic carbocycles. The van der Waals surface area contributed by atoms with Crippen LogP contribution in [-0.2, 0) is 39.0 Å². The maximum absolute atomic E-state index is 13.9. The van der Waals surface area contributed by atoms with Crippen LogP contribution in [0.1, 0.15) is 49.8 Å². The highest BCUT2D eigenvalue weighted by Crippen LogP contribution is 2.25. The molecule has 10 heteroatoms. The lowest BCUT2D eigenvalue weighted by molar-refractivity contribution is -0.141. The summed E-state index contributed by atoms with van der Waals surface area (Å²) in [5.74, 6) is -0.508. The van der Waals surface area contributed by atoms with Gasteiger partial charge in [0.05, 0.1) is 22.0 Å². The Morgan fingerprint density at radius 2 is 1.55 bits per heavy atom. The van der Waals surface area contributed by atoms with Gasteiger partial charge in [-0.25, -0.2) is 8.42 Å². The second-order valence-corrected chi connectivity index (χ2v) is 12.9. The van der Waals surface area contributed by atoms with Gasteiger partial charge in [-0.15, -0.1) is 0 Å². The summed E-state index contributed by atoms with van der Waals surface area (Å²) in [6, 6.07) is 21.3. The standard InChI is InChI=1S/C32H39Cl2N3O4S/c1-4-19-35-32(39)30(22-25-10-7-6-8-11-25)36(23-26-15-18-28(33)29(34)21-26)31(38)12-9-20-37(42(3,40)41)27-16-13-24(5-2)14-17-27/h6-8,10-11,13-18,21,30H,4-5,9,12,19-20,22-23H2,1-3H3,(H,35,39). The molecule has 0 fully saturated rings. The van der Waals surface area contributed by atoms with Crippen molar-refractivity contribution in [1.82, 2.24) is 10.2 Å². The zero-order valence-corrected chi connectivity index (χ0v) is 26.7. The second-order valence-electron chi connectivity index (χ2n) is 10.2. The first-order chi connectivity index (χ1) is 20.0. The Hall–Kier alpha value is -3.07. The lowest BCUT2D eigenvalue weighted by Crippen LogP contribution is -2.50. The second kappa shape index (κ2) is 16.0. The molecule has 0 aromatic heterocycles. The van der Waals surface area contributed by atoms with Gasteiger partial charge in [0.25, 0.3) is 0 Å². The Balaban J connectivity index is 1.88. The molecule has 2 amide bonds. The fourth-order valence-corrected chi connectivity index (χ4v) is 5.94. The largest absolute Gasteiger partial charge is 0.354 e. The Labute approximate surface area is 259 Å². The van der Waals surface area contributed by atoms with Crippen LogP contribution >= 0.6 is 23.2 Å². The summed E-state index contributed by atoms with van der Waals surface area (Å²) >= 11 is 12.4.